The molecule has 1 amide bonds. The number of nitrogens with zero attached hydrogens (tertiary/aromatic N) is 3. The second-order valence-electron chi connectivity index (χ2n) is 5.31. The highest BCUT2D eigenvalue weighted by Crippen LogP contribution is 2.21. The van der Waals surface area contributed by atoms with Crippen molar-refractivity contribution in [2.24, 2.45) is 5.92 Å². The molecule has 6 heteroatoms. The van der Waals surface area contributed by atoms with Crippen molar-refractivity contribution in [3.63, 3.8) is 0 Å². The van der Waals surface area contributed by atoms with Gasteiger partial charge in [-0.1, -0.05) is 41.4 Å². The number of carbonyl (C=O) groups is 1. The minimum atomic E-state index is 0.123. The summed E-state index contributed by atoms with van der Waals surface area (Å²) in [6, 6.07) is 7.47. The van der Waals surface area contributed by atoms with Crippen molar-refractivity contribution in [3.05, 3.63) is 52.3 Å². The molecule has 2 aromatic rings. The van der Waals surface area contributed by atoms with Gasteiger partial charge in [0.25, 0.3) is 0 Å². The summed E-state index contributed by atoms with van der Waals surface area (Å²) in [6.45, 7) is 2.32. The van der Waals surface area contributed by atoms with Gasteiger partial charge in [-0.05, 0) is 11.6 Å². The number of benzene rings is 1. The third-order valence-corrected chi connectivity index (χ3v) is 4.22. The van der Waals surface area contributed by atoms with Gasteiger partial charge >= 0.3 is 0 Å². The topological polar surface area (TPSA) is 38.1 Å². The van der Waals surface area contributed by atoms with Crippen molar-refractivity contribution in [3.8, 4) is 0 Å². The quantitative estimate of drug-likeness (QED) is 0.867. The first kappa shape index (κ1) is 14.4. The lowest BCUT2D eigenvalue weighted by atomic mass is 9.99. The normalized spacial score (nSPS) is 15.0. The predicted octanol–water partition coefficient (Wildman–Crippen LogP) is 2.89. The molecule has 1 aliphatic rings. The van der Waals surface area contributed by atoms with Gasteiger partial charge < -0.3 is 4.90 Å². The van der Waals surface area contributed by atoms with E-state index in [1.807, 2.05) is 33.8 Å². The van der Waals surface area contributed by atoms with Crippen molar-refractivity contribution in [2.45, 2.75) is 13.0 Å². The summed E-state index contributed by atoms with van der Waals surface area (Å²) in [5.74, 6) is 0.564. The summed E-state index contributed by atoms with van der Waals surface area (Å²) in [6.07, 6.45) is 3.79. The van der Waals surface area contributed by atoms with Gasteiger partial charge in [0.1, 0.15) is 0 Å². The molecule has 1 saturated heterocycles. The zero-order valence-corrected chi connectivity index (χ0v) is 12.9. The lowest BCUT2D eigenvalue weighted by Crippen LogP contribution is -2.51. The van der Waals surface area contributed by atoms with Gasteiger partial charge in [0, 0.05) is 36.8 Å². The van der Waals surface area contributed by atoms with E-state index >= 15 is 0 Å². The fraction of sp³-hybridized carbons (Fsp3) is 0.333. The van der Waals surface area contributed by atoms with E-state index in [2.05, 4.69) is 5.10 Å². The highest BCUT2D eigenvalue weighted by atomic mass is 35.5. The smallest absolute Gasteiger partial charge is 0.227 e. The molecule has 21 heavy (non-hydrogen) atoms. The molecule has 0 radical (unpaired) electrons. The molecule has 110 valence electrons. The summed E-state index contributed by atoms with van der Waals surface area (Å²) >= 11 is 11.9. The van der Waals surface area contributed by atoms with E-state index in [0.29, 0.717) is 22.4 Å². The Morgan fingerprint density at radius 3 is 2.71 bits per heavy atom. The zero-order chi connectivity index (χ0) is 14.8. The molecule has 0 unspecified atom stereocenters. The molecule has 3 rings (SSSR count). The second kappa shape index (κ2) is 6.08. The van der Waals surface area contributed by atoms with Gasteiger partial charge in [-0.3, -0.25) is 9.48 Å². The van der Waals surface area contributed by atoms with E-state index in [9.17, 15) is 4.79 Å². The Labute approximate surface area is 133 Å². The number of carbonyl (C=O) groups excluding carboxylic acids is 1. The van der Waals surface area contributed by atoms with Gasteiger partial charge in [-0.15, -0.1) is 0 Å². The van der Waals surface area contributed by atoms with Crippen LogP contribution in [0.5, 0.6) is 0 Å². The van der Waals surface area contributed by atoms with Crippen LogP contribution in [-0.2, 0) is 17.8 Å². The molecule has 1 aliphatic heterocycles. The van der Waals surface area contributed by atoms with E-state index in [1.54, 1.807) is 12.4 Å². The van der Waals surface area contributed by atoms with E-state index < -0.39 is 0 Å². The summed E-state index contributed by atoms with van der Waals surface area (Å²) in [5, 5.41) is 5.44. The monoisotopic (exact) mass is 323 g/mol. The van der Waals surface area contributed by atoms with Gasteiger partial charge in [0.15, 0.2) is 0 Å². The Morgan fingerprint density at radius 1 is 1.29 bits per heavy atom. The fourth-order valence-corrected chi connectivity index (χ4v) is 2.87. The molecular formula is C15H15Cl2N3O. The first-order chi connectivity index (χ1) is 10.1. The number of hydrogen-bond donors (Lipinski definition) is 0. The maximum Gasteiger partial charge on any atom is 0.227 e. The predicted molar refractivity (Wildman–Crippen MR) is 82.5 cm³/mol. The van der Waals surface area contributed by atoms with Crippen LogP contribution in [-0.4, -0.2) is 33.7 Å². The van der Waals surface area contributed by atoms with Crippen molar-refractivity contribution >= 4 is 29.1 Å². The van der Waals surface area contributed by atoms with E-state index in [1.165, 1.54) is 0 Å². The number of likely N-dealkylation sites (tertiary alicyclic amines) is 1. The number of rotatable bonds is 4. The van der Waals surface area contributed by atoms with Gasteiger partial charge in [0.2, 0.25) is 5.91 Å². The molecule has 2 heterocycles. The maximum atomic E-state index is 12.2. The molecule has 0 spiro atoms. The Bertz CT molecular complexity index is 650. The van der Waals surface area contributed by atoms with Crippen LogP contribution in [0.4, 0.5) is 0 Å². The molecule has 0 bridgehead atoms. The van der Waals surface area contributed by atoms with Crippen LogP contribution >= 0.6 is 23.2 Å². The zero-order valence-electron chi connectivity index (χ0n) is 11.4. The van der Waals surface area contributed by atoms with Crippen molar-refractivity contribution in [2.75, 3.05) is 13.1 Å². The van der Waals surface area contributed by atoms with Crippen LogP contribution in [0.2, 0.25) is 10.0 Å². The van der Waals surface area contributed by atoms with Gasteiger partial charge in [-0.25, -0.2) is 0 Å². The molecular weight excluding hydrogens is 309 g/mol. The van der Waals surface area contributed by atoms with E-state index in [0.717, 1.165) is 25.2 Å². The molecule has 1 aromatic carbocycles. The summed E-state index contributed by atoms with van der Waals surface area (Å²) in [4.78, 5) is 14.0. The SMILES string of the molecule is O=C(Cc1ccccc1Cl)N1CC(Cn2cc(Cl)cn2)C1. The Balaban J connectivity index is 1.49. The van der Waals surface area contributed by atoms with Gasteiger partial charge in [0.05, 0.1) is 17.6 Å². The number of halogens is 2. The van der Waals surface area contributed by atoms with Crippen LogP contribution in [0.25, 0.3) is 0 Å². The largest absolute Gasteiger partial charge is 0.342 e. The average Bonchev–Trinajstić information content (AvgIpc) is 2.81. The highest BCUT2D eigenvalue weighted by Gasteiger charge is 2.30. The van der Waals surface area contributed by atoms with Gasteiger partial charge in [-0.2, -0.15) is 5.10 Å². The van der Waals surface area contributed by atoms with Crippen molar-refractivity contribution < 1.29 is 4.79 Å². The highest BCUT2D eigenvalue weighted by molar-refractivity contribution is 6.31. The van der Waals surface area contributed by atoms with Crippen LogP contribution < -0.4 is 0 Å². The van der Waals surface area contributed by atoms with Crippen molar-refractivity contribution in [1.82, 2.24) is 14.7 Å². The fourth-order valence-electron chi connectivity index (χ4n) is 2.51. The number of aromatic nitrogens is 2. The number of amides is 1. The van der Waals surface area contributed by atoms with Crippen LogP contribution in [0.1, 0.15) is 5.56 Å². The second-order valence-corrected chi connectivity index (χ2v) is 6.16. The lowest BCUT2D eigenvalue weighted by molar-refractivity contribution is -0.137. The Morgan fingerprint density at radius 2 is 2.05 bits per heavy atom. The van der Waals surface area contributed by atoms with E-state index in [4.69, 9.17) is 23.2 Å². The third kappa shape index (κ3) is 3.39. The Kier molecular flexibility index (Phi) is 4.17. The average molecular weight is 324 g/mol. The molecule has 4 nitrogen and oxygen atoms in total. The molecule has 1 fully saturated rings. The summed E-state index contributed by atoms with van der Waals surface area (Å²) in [7, 11) is 0. The minimum Gasteiger partial charge on any atom is -0.342 e. The number of hydrogen-bond acceptors (Lipinski definition) is 2. The summed E-state index contributed by atoms with van der Waals surface area (Å²) < 4.78 is 1.82. The third-order valence-electron chi connectivity index (χ3n) is 3.66. The van der Waals surface area contributed by atoms with Crippen LogP contribution in [0.3, 0.4) is 0 Å². The van der Waals surface area contributed by atoms with Crippen LogP contribution in [0.15, 0.2) is 36.7 Å². The van der Waals surface area contributed by atoms with Crippen LogP contribution in [0, 0.1) is 5.92 Å². The first-order valence-corrected chi connectivity index (χ1v) is 7.56. The standard InChI is InChI=1S/C15H15Cl2N3O/c16-13-6-18-20(10-13)9-11-7-19(8-11)15(21)5-12-3-1-2-4-14(12)17/h1-4,6,10-11H,5,7-9H2. The van der Waals surface area contributed by atoms with E-state index in [-0.39, 0.29) is 5.91 Å². The minimum absolute atomic E-state index is 0.123. The molecule has 0 aliphatic carbocycles. The van der Waals surface area contributed by atoms with Crippen molar-refractivity contribution in [1.29, 1.82) is 0 Å². The first-order valence-electron chi connectivity index (χ1n) is 6.81. The summed E-state index contributed by atoms with van der Waals surface area (Å²) in [5.41, 5.74) is 0.881. The lowest BCUT2D eigenvalue weighted by Gasteiger charge is -2.39. The maximum absolute atomic E-state index is 12.2. The molecule has 1 aromatic heterocycles. The molecule has 0 saturated carbocycles. The Hall–Kier alpha value is -1.52. The molecule has 0 N–H and O–H groups in total. The molecule has 0 atom stereocenters.